The van der Waals surface area contributed by atoms with E-state index in [0.29, 0.717) is 0 Å². The summed E-state index contributed by atoms with van der Waals surface area (Å²) in [5.41, 5.74) is 0. The SMILES string of the molecule is C=CC(=O)O[C@@H](C=O)[C@@H](O)[C@@H](O)[C@H](O)CO. The van der Waals surface area contributed by atoms with E-state index in [1.54, 1.807) is 0 Å². The van der Waals surface area contributed by atoms with Gasteiger partial charge >= 0.3 is 5.97 Å². The van der Waals surface area contributed by atoms with Crippen LogP contribution in [0.25, 0.3) is 0 Å². The van der Waals surface area contributed by atoms with Crippen molar-refractivity contribution in [2.75, 3.05) is 6.61 Å². The van der Waals surface area contributed by atoms with Crippen molar-refractivity contribution in [2.24, 2.45) is 0 Å². The van der Waals surface area contributed by atoms with E-state index >= 15 is 0 Å². The van der Waals surface area contributed by atoms with Gasteiger partial charge in [0.05, 0.1) is 6.61 Å². The Bertz CT molecular complexity index is 252. The zero-order valence-corrected chi connectivity index (χ0v) is 8.39. The molecule has 0 rings (SSSR count). The van der Waals surface area contributed by atoms with Crippen LogP contribution in [0.1, 0.15) is 0 Å². The molecule has 0 saturated heterocycles. The Labute approximate surface area is 91.6 Å². The van der Waals surface area contributed by atoms with Gasteiger partial charge in [-0.25, -0.2) is 4.79 Å². The van der Waals surface area contributed by atoms with Crippen molar-refractivity contribution in [3.63, 3.8) is 0 Å². The average Bonchev–Trinajstić information content (AvgIpc) is 2.32. The summed E-state index contributed by atoms with van der Waals surface area (Å²) >= 11 is 0. The van der Waals surface area contributed by atoms with Crippen molar-refractivity contribution in [3.05, 3.63) is 12.7 Å². The van der Waals surface area contributed by atoms with Gasteiger partial charge in [0.1, 0.15) is 18.3 Å². The topological polar surface area (TPSA) is 124 Å². The summed E-state index contributed by atoms with van der Waals surface area (Å²) in [7, 11) is 0. The molecular formula is C9H14O7. The predicted molar refractivity (Wildman–Crippen MR) is 51.2 cm³/mol. The van der Waals surface area contributed by atoms with Gasteiger partial charge in [0.2, 0.25) is 0 Å². The van der Waals surface area contributed by atoms with Gasteiger partial charge in [-0.3, -0.25) is 4.79 Å². The zero-order chi connectivity index (χ0) is 12.7. The normalized spacial score (nSPS) is 18.0. The molecule has 92 valence electrons. The quantitative estimate of drug-likeness (QED) is 0.215. The van der Waals surface area contributed by atoms with Gasteiger partial charge in [-0.2, -0.15) is 0 Å². The number of hydrogen-bond donors (Lipinski definition) is 4. The van der Waals surface area contributed by atoms with Gasteiger partial charge in [-0.1, -0.05) is 6.58 Å². The molecule has 0 aromatic heterocycles. The predicted octanol–water partition coefficient (Wildman–Crippen LogP) is -2.64. The second kappa shape index (κ2) is 7.07. The van der Waals surface area contributed by atoms with Crippen LogP contribution >= 0.6 is 0 Å². The molecule has 0 aliphatic rings. The Morgan fingerprint density at radius 1 is 1.31 bits per heavy atom. The molecular weight excluding hydrogens is 220 g/mol. The molecule has 0 radical (unpaired) electrons. The molecule has 0 aromatic rings. The maximum Gasteiger partial charge on any atom is 0.330 e. The number of carbonyl (C=O) groups is 2. The van der Waals surface area contributed by atoms with Crippen LogP contribution in [0.4, 0.5) is 0 Å². The fraction of sp³-hybridized carbons (Fsp3) is 0.556. The smallest absolute Gasteiger partial charge is 0.330 e. The number of esters is 1. The van der Waals surface area contributed by atoms with E-state index in [-0.39, 0.29) is 6.29 Å². The molecule has 0 amide bonds. The van der Waals surface area contributed by atoms with Crippen molar-refractivity contribution in [1.82, 2.24) is 0 Å². The third-order valence-corrected chi connectivity index (χ3v) is 1.82. The average molecular weight is 234 g/mol. The lowest BCUT2D eigenvalue weighted by molar-refractivity contribution is -0.163. The highest BCUT2D eigenvalue weighted by Crippen LogP contribution is 2.07. The van der Waals surface area contributed by atoms with E-state index in [1.165, 1.54) is 0 Å². The maximum atomic E-state index is 10.7. The maximum absolute atomic E-state index is 10.7. The summed E-state index contributed by atoms with van der Waals surface area (Å²) in [6.07, 6.45) is -6.04. The summed E-state index contributed by atoms with van der Waals surface area (Å²) in [6.45, 7) is 2.27. The number of hydrogen-bond acceptors (Lipinski definition) is 7. The van der Waals surface area contributed by atoms with E-state index in [9.17, 15) is 19.8 Å². The summed E-state index contributed by atoms with van der Waals surface area (Å²) in [5, 5.41) is 36.1. The molecule has 0 unspecified atom stereocenters. The van der Waals surface area contributed by atoms with Crippen molar-refractivity contribution in [1.29, 1.82) is 0 Å². The van der Waals surface area contributed by atoms with Crippen molar-refractivity contribution in [2.45, 2.75) is 24.4 Å². The summed E-state index contributed by atoms with van der Waals surface area (Å²) < 4.78 is 4.40. The third kappa shape index (κ3) is 4.07. The monoisotopic (exact) mass is 234 g/mol. The van der Waals surface area contributed by atoms with Gasteiger partial charge < -0.3 is 25.2 Å². The number of aliphatic hydroxyl groups is 4. The Kier molecular flexibility index (Phi) is 6.50. The van der Waals surface area contributed by atoms with Crippen LogP contribution in [0.15, 0.2) is 12.7 Å². The second-order valence-corrected chi connectivity index (χ2v) is 2.97. The van der Waals surface area contributed by atoms with Gasteiger partial charge in [0.25, 0.3) is 0 Å². The standard InChI is InChI=1S/C9H14O7/c1-2-7(13)16-6(4-11)9(15)8(14)5(12)3-10/h2,4-6,8-10,12,14-15H,1,3H2/t5-,6+,8+,9-/m1/s1. The number of rotatable bonds is 7. The molecule has 7 nitrogen and oxygen atoms in total. The number of aldehydes is 1. The molecule has 0 bridgehead atoms. The van der Waals surface area contributed by atoms with E-state index in [1.807, 2.05) is 0 Å². The van der Waals surface area contributed by atoms with Crippen molar-refractivity contribution >= 4 is 12.3 Å². The highest BCUT2D eigenvalue weighted by Gasteiger charge is 2.33. The van der Waals surface area contributed by atoms with Gasteiger partial charge in [0, 0.05) is 6.08 Å². The number of carbonyl (C=O) groups excluding carboxylic acids is 2. The Morgan fingerprint density at radius 3 is 2.25 bits per heavy atom. The molecule has 0 spiro atoms. The first kappa shape index (κ1) is 14.7. The van der Waals surface area contributed by atoms with Crippen molar-refractivity contribution < 1.29 is 34.8 Å². The van der Waals surface area contributed by atoms with Gasteiger partial charge in [0.15, 0.2) is 12.4 Å². The Balaban J connectivity index is 4.51. The second-order valence-electron chi connectivity index (χ2n) is 2.97. The van der Waals surface area contributed by atoms with Crippen LogP contribution in [0, 0.1) is 0 Å². The Hall–Kier alpha value is -1.28. The van der Waals surface area contributed by atoms with E-state index in [0.717, 1.165) is 6.08 Å². The minimum absolute atomic E-state index is 0.0966. The molecule has 0 aromatic carbocycles. The van der Waals surface area contributed by atoms with E-state index in [4.69, 9.17) is 10.2 Å². The summed E-state index contributed by atoms with van der Waals surface area (Å²) in [4.78, 5) is 21.2. The highest BCUT2D eigenvalue weighted by molar-refractivity contribution is 5.82. The zero-order valence-electron chi connectivity index (χ0n) is 8.39. The minimum Gasteiger partial charge on any atom is -0.449 e. The fourth-order valence-electron chi connectivity index (χ4n) is 0.890. The molecule has 0 heterocycles. The van der Waals surface area contributed by atoms with Crippen LogP contribution in [0.3, 0.4) is 0 Å². The van der Waals surface area contributed by atoms with Crippen LogP contribution in [0.5, 0.6) is 0 Å². The van der Waals surface area contributed by atoms with Crippen LogP contribution in [-0.2, 0) is 14.3 Å². The van der Waals surface area contributed by atoms with Crippen molar-refractivity contribution in [3.8, 4) is 0 Å². The first-order valence-electron chi connectivity index (χ1n) is 4.41. The van der Waals surface area contributed by atoms with Gasteiger partial charge in [-0.15, -0.1) is 0 Å². The van der Waals surface area contributed by atoms with Gasteiger partial charge in [-0.05, 0) is 0 Å². The van der Waals surface area contributed by atoms with Crippen LogP contribution in [0.2, 0.25) is 0 Å². The largest absolute Gasteiger partial charge is 0.449 e. The molecule has 4 N–H and O–H groups in total. The molecule has 4 atom stereocenters. The molecule has 0 aliphatic heterocycles. The lowest BCUT2D eigenvalue weighted by Crippen LogP contribution is -2.47. The van der Waals surface area contributed by atoms with Crippen LogP contribution < -0.4 is 0 Å². The first-order chi connectivity index (χ1) is 7.47. The lowest BCUT2D eigenvalue weighted by Gasteiger charge is -2.25. The molecule has 0 fully saturated rings. The summed E-state index contributed by atoms with van der Waals surface area (Å²) in [5.74, 6) is -0.957. The first-order valence-corrected chi connectivity index (χ1v) is 4.41. The fourth-order valence-corrected chi connectivity index (χ4v) is 0.890. The van der Waals surface area contributed by atoms with Crippen LogP contribution in [-0.4, -0.2) is 63.7 Å². The molecule has 16 heavy (non-hydrogen) atoms. The third-order valence-electron chi connectivity index (χ3n) is 1.82. The van der Waals surface area contributed by atoms with E-state index < -0.39 is 37.0 Å². The lowest BCUT2D eigenvalue weighted by atomic mass is 10.0. The number of aliphatic hydroxyl groups excluding tert-OH is 4. The minimum atomic E-state index is -1.83. The number of ether oxygens (including phenoxy) is 1. The highest BCUT2D eigenvalue weighted by atomic mass is 16.6. The summed E-state index contributed by atoms with van der Waals surface area (Å²) in [6, 6.07) is 0. The Morgan fingerprint density at radius 2 is 1.88 bits per heavy atom. The molecule has 0 aliphatic carbocycles. The molecule has 7 heteroatoms. The van der Waals surface area contributed by atoms with E-state index in [2.05, 4.69) is 11.3 Å². The molecule has 0 saturated carbocycles.